The number of thiazole rings is 1. The van der Waals surface area contributed by atoms with Gasteiger partial charge < -0.3 is 20.3 Å². The van der Waals surface area contributed by atoms with Crippen LogP contribution in [-0.2, 0) is 4.74 Å². The van der Waals surface area contributed by atoms with E-state index in [4.69, 9.17) is 9.72 Å². The van der Waals surface area contributed by atoms with Gasteiger partial charge in [-0.15, -0.1) is 0 Å². The van der Waals surface area contributed by atoms with Gasteiger partial charge in [0.05, 0.1) is 6.61 Å². The predicted octanol–water partition coefficient (Wildman–Crippen LogP) is 3.25. The molecule has 2 aromatic heterocycles. The van der Waals surface area contributed by atoms with Crippen LogP contribution in [-0.4, -0.2) is 66.6 Å². The van der Waals surface area contributed by atoms with E-state index in [1.54, 1.807) is 7.11 Å². The Morgan fingerprint density at radius 3 is 2.70 bits per heavy atom. The zero-order valence-electron chi connectivity index (χ0n) is 17.8. The number of benzene rings is 1. The number of carbonyl (C=O) groups excluding carboxylic acids is 1. The molecule has 1 saturated heterocycles. The molecule has 7 nitrogen and oxygen atoms in total. The van der Waals surface area contributed by atoms with Crippen LogP contribution < -0.4 is 10.6 Å². The van der Waals surface area contributed by atoms with Crippen molar-refractivity contribution >= 4 is 28.0 Å². The van der Waals surface area contributed by atoms with Gasteiger partial charge >= 0.3 is 0 Å². The summed E-state index contributed by atoms with van der Waals surface area (Å²) in [6.45, 7) is 5.28. The fourth-order valence-electron chi connectivity index (χ4n) is 3.89. The van der Waals surface area contributed by atoms with Crippen LogP contribution in [0.4, 0.5) is 5.82 Å². The highest BCUT2D eigenvalue weighted by Gasteiger charge is 2.25. The van der Waals surface area contributed by atoms with Gasteiger partial charge in [-0.2, -0.15) is 0 Å². The average Bonchev–Trinajstić information content (AvgIpc) is 3.28. The zero-order chi connectivity index (χ0) is 21.1. The Labute approximate surface area is 181 Å². The van der Waals surface area contributed by atoms with Crippen LogP contribution in [0.2, 0.25) is 0 Å². The van der Waals surface area contributed by atoms with E-state index in [-0.39, 0.29) is 11.9 Å². The van der Waals surface area contributed by atoms with Crippen LogP contribution in [0.25, 0.3) is 16.2 Å². The first-order chi connectivity index (χ1) is 14.6. The minimum absolute atomic E-state index is 0.00153. The van der Waals surface area contributed by atoms with Crippen LogP contribution in [0.15, 0.2) is 30.3 Å². The highest BCUT2D eigenvalue weighted by molar-refractivity contribution is 7.19. The van der Waals surface area contributed by atoms with E-state index in [1.165, 1.54) is 11.3 Å². The molecule has 3 heterocycles. The molecule has 0 saturated carbocycles. The number of anilines is 1. The van der Waals surface area contributed by atoms with Gasteiger partial charge in [-0.25, -0.2) is 4.98 Å². The van der Waals surface area contributed by atoms with Gasteiger partial charge in [-0.05, 0) is 39.9 Å². The molecule has 2 N–H and O–H groups in total. The minimum atomic E-state index is 0.00153. The van der Waals surface area contributed by atoms with Crippen molar-refractivity contribution in [3.8, 4) is 11.3 Å². The standard InChI is InChI=1S/C22H29N5O2S/c1-15-19(21(28)24-17-9-12-26(2)13-10-17)30-22-25-18(16-7-5-4-6-8-16)20(27(15)22)23-11-14-29-3/h4-8,17,23H,9-14H2,1-3H3,(H,24,28). The number of piperidine rings is 1. The van der Waals surface area contributed by atoms with Gasteiger partial charge in [0.25, 0.3) is 5.91 Å². The topological polar surface area (TPSA) is 70.9 Å². The van der Waals surface area contributed by atoms with E-state index in [9.17, 15) is 4.79 Å². The van der Waals surface area contributed by atoms with Crippen molar-refractivity contribution in [1.82, 2.24) is 19.6 Å². The summed E-state index contributed by atoms with van der Waals surface area (Å²) in [5.41, 5.74) is 2.85. The average molecular weight is 428 g/mol. The molecule has 1 amide bonds. The lowest BCUT2D eigenvalue weighted by atomic mass is 10.1. The molecule has 1 fully saturated rings. The van der Waals surface area contributed by atoms with Crippen LogP contribution in [0.3, 0.4) is 0 Å². The van der Waals surface area contributed by atoms with Gasteiger partial charge in [0.2, 0.25) is 0 Å². The summed E-state index contributed by atoms with van der Waals surface area (Å²) < 4.78 is 7.27. The summed E-state index contributed by atoms with van der Waals surface area (Å²) in [5.74, 6) is 0.905. The number of amides is 1. The maximum Gasteiger partial charge on any atom is 0.263 e. The molecule has 0 radical (unpaired) electrons. The van der Waals surface area contributed by atoms with Crippen molar-refractivity contribution in [2.75, 3.05) is 45.7 Å². The van der Waals surface area contributed by atoms with Crippen molar-refractivity contribution in [1.29, 1.82) is 0 Å². The van der Waals surface area contributed by atoms with Gasteiger partial charge in [0.15, 0.2) is 4.96 Å². The SMILES string of the molecule is COCCNc1c(-c2ccccc2)nc2sc(C(=O)NC3CCN(C)CC3)c(C)n12. The number of methoxy groups -OCH3 is 1. The maximum atomic E-state index is 13.0. The number of hydrogen-bond donors (Lipinski definition) is 2. The molecule has 30 heavy (non-hydrogen) atoms. The number of aromatic nitrogens is 2. The summed E-state index contributed by atoms with van der Waals surface area (Å²) in [7, 11) is 3.81. The molecule has 3 aromatic rings. The molecule has 0 spiro atoms. The Kier molecular flexibility index (Phi) is 6.36. The second-order valence-corrected chi connectivity index (χ2v) is 8.76. The quantitative estimate of drug-likeness (QED) is 0.567. The first-order valence-electron chi connectivity index (χ1n) is 10.4. The molecule has 0 unspecified atom stereocenters. The van der Waals surface area contributed by atoms with Crippen molar-refractivity contribution in [2.45, 2.75) is 25.8 Å². The smallest absolute Gasteiger partial charge is 0.263 e. The van der Waals surface area contributed by atoms with Crippen LogP contribution >= 0.6 is 11.3 Å². The maximum absolute atomic E-state index is 13.0. The lowest BCUT2D eigenvalue weighted by Gasteiger charge is -2.29. The number of carbonyl (C=O) groups is 1. The third-order valence-corrected chi connectivity index (χ3v) is 6.75. The summed E-state index contributed by atoms with van der Waals surface area (Å²) in [6, 6.07) is 10.4. The van der Waals surface area contributed by atoms with E-state index in [0.29, 0.717) is 13.2 Å². The monoisotopic (exact) mass is 427 g/mol. The van der Waals surface area contributed by atoms with Crippen LogP contribution in [0.5, 0.6) is 0 Å². The molecular weight excluding hydrogens is 398 g/mol. The largest absolute Gasteiger partial charge is 0.383 e. The summed E-state index contributed by atoms with van der Waals surface area (Å²) >= 11 is 1.45. The molecule has 160 valence electrons. The minimum Gasteiger partial charge on any atom is -0.383 e. The normalized spacial score (nSPS) is 15.6. The van der Waals surface area contributed by atoms with Gasteiger partial charge in [0, 0.05) is 31.0 Å². The van der Waals surface area contributed by atoms with Crippen LogP contribution in [0, 0.1) is 6.92 Å². The number of fused-ring (bicyclic) bond motifs is 1. The first kappa shape index (κ1) is 20.8. The van der Waals surface area contributed by atoms with Crippen molar-refractivity contribution in [3.05, 3.63) is 40.9 Å². The Morgan fingerprint density at radius 2 is 2.00 bits per heavy atom. The second-order valence-electron chi connectivity index (χ2n) is 7.78. The van der Waals surface area contributed by atoms with Gasteiger partial charge in [-0.3, -0.25) is 9.20 Å². The fourth-order valence-corrected chi connectivity index (χ4v) is 4.92. The lowest BCUT2D eigenvalue weighted by molar-refractivity contribution is 0.0920. The number of rotatable bonds is 7. The van der Waals surface area contributed by atoms with E-state index in [0.717, 1.165) is 58.5 Å². The van der Waals surface area contributed by atoms with E-state index in [2.05, 4.69) is 39.1 Å². The highest BCUT2D eigenvalue weighted by atomic mass is 32.1. The predicted molar refractivity (Wildman–Crippen MR) is 122 cm³/mol. The molecule has 0 atom stereocenters. The number of likely N-dealkylation sites (tertiary alicyclic amines) is 1. The molecule has 1 aliphatic rings. The van der Waals surface area contributed by atoms with Gasteiger partial charge in [0.1, 0.15) is 16.4 Å². The molecule has 4 rings (SSSR count). The van der Waals surface area contributed by atoms with E-state index < -0.39 is 0 Å². The number of nitrogens with one attached hydrogen (secondary N) is 2. The summed E-state index contributed by atoms with van der Waals surface area (Å²) in [6.07, 6.45) is 1.98. The van der Waals surface area contributed by atoms with E-state index in [1.807, 2.05) is 25.1 Å². The molecule has 0 bridgehead atoms. The number of nitrogens with zero attached hydrogens (tertiary/aromatic N) is 3. The zero-order valence-corrected chi connectivity index (χ0v) is 18.6. The Bertz CT molecular complexity index is 1010. The highest BCUT2D eigenvalue weighted by Crippen LogP contribution is 2.34. The third kappa shape index (κ3) is 4.21. The lowest BCUT2D eigenvalue weighted by Crippen LogP contribution is -2.43. The Morgan fingerprint density at radius 1 is 1.27 bits per heavy atom. The number of aryl methyl sites for hydroxylation is 1. The Balaban J connectivity index is 1.65. The fraction of sp³-hybridized carbons (Fsp3) is 0.455. The molecule has 1 aliphatic heterocycles. The van der Waals surface area contributed by atoms with Crippen molar-refractivity contribution in [3.63, 3.8) is 0 Å². The summed E-state index contributed by atoms with van der Waals surface area (Å²) in [4.78, 5) is 21.7. The number of imidazole rings is 1. The first-order valence-corrected chi connectivity index (χ1v) is 11.2. The second kappa shape index (κ2) is 9.16. The van der Waals surface area contributed by atoms with E-state index >= 15 is 0 Å². The molecular formula is C22H29N5O2S. The Hall–Kier alpha value is -2.42. The van der Waals surface area contributed by atoms with Crippen molar-refractivity contribution < 1.29 is 9.53 Å². The molecule has 8 heteroatoms. The van der Waals surface area contributed by atoms with Crippen LogP contribution in [0.1, 0.15) is 28.2 Å². The number of ether oxygens (including phenoxy) is 1. The van der Waals surface area contributed by atoms with Crippen molar-refractivity contribution in [2.24, 2.45) is 0 Å². The molecule has 1 aromatic carbocycles. The molecule has 0 aliphatic carbocycles. The summed E-state index contributed by atoms with van der Waals surface area (Å²) in [5, 5.41) is 6.69. The third-order valence-electron chi connectivity index (χ3n) is 5.61. The number of hydrogen-bond acceptors (Lipinski definition) is 6. The van der Waals surface area contributed by atoms with Gasteiger partial charge in [-0.1, -0.05) is 41.7 Å².